The summed E-state index contributed by atoms with van der Waals surface area (Å²) in [5.41, 5.74) is 3.75. The Morgan fingerprint density at radius 3 is 2.30 bits per heavy atom. The van der Waals surface area contributed by atoms with Crippen LogP contribution in [0.1, 0.15) is 23.1 Å². The molecule has 2 amide bonds. The standard InChI is InChI=1S/C18H17N3O2/c1-12-3-4-13(2)16(9-12)21-18(23)10-17(22)20-15-7-5-14(11-19)6-8-15/h3-9H,10H2,1-2H3,(H,20,22)(H,21,23). The van der Waals surface area contributed by atoms with Crippen LogP contribution in [0.2, 0.25) is 0 Å². The minimum atomic E-state index is -0.405. The molecular weight excluding hydrogens is 290 g/mol. The summed E-state index contributed by atoms with van der Waals surface area (Å²) in [6.45, 7) is 3.83. The number of anilines is 2. The lowest BCUT2D eigenvalue weighted by atomic mass is 10.1. The number of hydrogen-bond donors (Lipinski definition) is 2. The van der Waals surface area contributed by atoms with E-state index in [4.69, 9.17) is 5.26 Å². The van der Waals surface area contributed by atoms with Crippen LogP contribution in [0.4, 0.5) is 11.4 Å². The van der Waals surface area contributed by atoms with Crippen molar-refractivity contribution in [3.05, 3.63) is 59.2 Å². The molecule has 0 heterocycles. The first-order valence-corrected chi connectivity index (χ1v) is 7.15. The highest BCUT2D eigenvalue weighted by Crippen LogP contribution is 2.16. The first kappa shape index (κ1) is 16.2. The summed E-state index contributed by atoms with van der Waals surface area (Å²) in [4.78, 5) is 23.8. The maximum atomic E-state index is 12.0. The lowest BCUT2D eigenvalue weighted by Crippen LogP contribution is -2.21. The zero-order chi connectivity index (χ0) is 16.8. The second-order valence-corrected chi connectivity index (χ2v) is 5.28. The van der Waals surface area contributed by atoms with Crippen molar-refractivity contribution in [2.24, 2.45) is 0 Å². The van der Waals surface area contributed by atoms with Crippen molar-refractivity contribution in [2.45, 2.75) is 20.3 Å². The van der Waals surface area contributed by atoms with Gasteiger partial charge in [-0.05, 0) is 55.3 Å². The third-order valence-electron chi connectivity index (χ3n) is 3.29. The number of carbonyl (C=O) groups is 2. The SMILES string of the molecule is Cc1ccc(C)c(NC(=O)CC(=O)Nc2ccc(C#N)cc2)c1. The van der Waals surface area contributed by atoms with Gasteiger partial charge in [0.15, 0.2) is 0 Å². The smallest absolute Gasteiger partial charge is 0.233 e. The number of nitriles is 1. The maximum Gasteiger partial charge on any atom is 0.233 e. The summed E-state index contributed by atoms with van der Waals surface area (Å²) in [5, 5.41) is 14.1. The predicted octanol–water partition coefficient (Wildman–Crippen LogP) is 3.14. The van der Waals surface area contributed by atoms with Gasteiger partial charge in [0, 0.05) is 11.4 Å². The highest BCUT2D eigenvalue weighted by molar-refractivity contribution is 6.08. The minimum Gasteiger partial charge on any atom is -0.326 e. The van der Waals surface area contributed by atoms with Gasteiger partial charge in [0.2, 0.25) is 11.8 Å². The van der Waals surface area contributed by atoms with E-state index < -0.39 is 5.91 Å². The second-order valence-electron chi connectivity index (χ2n) is 5.28. The molecule has 0 spiro atoms. The number of aryl methyl sites for hydroxylation is 2. The topological polar surface area (TPSA) is 82.0 Å². The van der Waals surface area contributed by atoms with Crippen molar-refractivity contribution in [1.82, 2.24) is 0 Å². The Kier molecular flexibility index (Phi) is 5.11. The van der Waals surface area contributed by atoms with Gasteiger partial charge in [-0.25, -0.2) is 0 Å². The van der Waals surface area contributed by atoms with E-state index >= 15 is 0 Å². The van der Waals surface area contributed by atoms with Crippen molar-refractivity contribution in [2.75, 3.05) is 10.6 Å². The lowest BCUT2D eigenvalue weighted by Gasteiger charge is -2.09. The molecule has 2 rings (SSSR count). The molecule has 0 fully saturated rings. The summed E-state index contributed by atoms with van der Waals surface area (Å²) >= 11 is 0. The molecule has 5 nitrogen and oxygen atoms in total. The molecule has 2 aromatic rings. The van der Waals surface area contributed by atoms with Crippen molar-refractivity contribution in [3.63, 3.8) is 0 Å². The van der Waals surface area contributed by atoms with Crippen molar-refractivity contribution >= 4 is 23.2 Å². The molecule has 0 saturated heterocycles. The van der Waals surface area contributed by atoms with E-state index in [2.05, 4.69) is 10.6 Å². The van der Waals surface area contributed by atoms with Crippen LogP contribution in [0.5, 0.6) is 0 Å². The molecule has 23 heavy (non-hydrogen) atoms. The number of benzene rings is 2. The monoisotopic (exact) mass is 307 g/mol. The van der Waals surface area contributed by atoms with Gasteiger partial charge in [0.1, 0.15) is 6.42 Å². The molecule has 0 aliphatic heterocycles. The fourth-order valence-electron chi connectivity index (χ4n) is 2.04. The van der Waals surface area contributed by atoms with Crippen LogP contribution in [0.3, 0.4) is 0 Å². The fourth-order valence-corrected chi connectivity index (χ4v) is 2.04. The first-order chi connectivity index (χ1) is 11.0. The van der Waals surface area contributed by atoms with Gasteiger partial charge in [-0.2, -0.15) is 5.26 Å². The molecule has 0 aliphatic carbocycles. The van der Waals surface area contributed by atoms with Crippen LogP contribution in [-0.2, 0) is 9.59 Å². The van der Waals surface area contributed by atoms with E-state index in [1.54, 1.807) is 24.3 Å². The summed E-state index contributed by atoms with van der Waals surface area (Å²) in [6, 6.07) is 14.2. The normalized spacial score (nSPS) is 9.78. The summed E-state index contributed by atoms with van der Waals surface area (Å²) in [5.74, 6) is -0.776. The molecule has 0 atom stereocenters. The molecule has 0 bridgehead atoms. The van der Waals surface area contributed by atoms with E-state index in [0.29, 0.717) is 16.9 Å². The Balaban J connectivity index is 1.93. The second kappa shape index (κ2) is 7.23. The van der Waals surface area contributed by atoms with E-state index in [-0.39, 0.29) is 12.3 Å². The Morgan fingerprint density at radius 1 is 1.00 bits per heavy atom. The molecule has 116 valence electrons. The average molecular weight is 307 g/mol. The van der Waals surface area contributed by atoms with Crippen LogP contribution in [-0.4, -0.2) is 11.8 Å². The van der Waals surface area contributed by atoms with Gasteiger partial charge >= 0.3 is 0 Å². The van der Waals surface area contributed by atoms with Gasteiger partial charge in [-0.3, -0.25) is 9.59 Å². The van der Waals surface area contributed by atoms with Crippen molar-refractivity contribution in [3.8, 4) is 6.07 Å². The van der Waals surface area contributed by atoms with E-state index in [1.165, 1.54) is 0 Å². The molecule has 2 aromatic carbocycles. The zero-order valence-electron chi connectivity index (χ0n) is 13.0. The third-order valence-corrected chi connectivity index (χ3v) is 3.29. The number of nitrogens with one attached hydrogen (secondary N) is 2. The summed E-state index contributed by atoms with van der Waals surface area (Å²) < 4.78 is 0. The highest BCUT2D eigenvalue weighted by atomic mass is 16.2. The molecule has 0 saturated carbocycles. The quantitative estimate of drug-likeness (QED) is 0.851. The van der Waals surface area contributed by atoms with Gasteiger partial charge < -0.3 is 10.6 Å². The molecule has 2 N–H and O–H groups in total. The number of hydrogen-bond acceptors (Lipinski definition) is 3. The van der Waals surface area contributed by atoms with E-state index in [0.717, 1.165) is 11.1 Å². The van der Waals surface area contributed by atoms with Crippen LogP contribution in [0, 0.1) is 25.2 Å². The minimum absolute atomic E-state index is 0.270. The maximum absolute atomic E-state index is 12.0. The summed E-state index contributed by atoms with van der Waals surface area (Å²) in [7, 11) is 0. The van der Waals surface area contributed by atoms with Crippen LogP contribution >= 0.6 is 0 Å². The Hall–Kier alpha value is -3.13. The van der Waals surface area contributed by atoms with Gasteiger partial charge in [-0.1, -0.05) is 12.1 Å². The predicted molar refractivity (Wildman–Crippen MR) is 88.9 cm³/mol. The number of carbonyl (C=O) groups excluding carboxylic acids is 2. The van der Waals surface area contributed by atoms with Gasteiger partial charge in [0.25, 0.3) is 0 Å². The van der Waals surface area contributed by atoms with Crippen molar-refractivity contribution in [1.29, 1.82) is 5.26 Å². The Morgan fingerprint density at radius 2 is 1.65 bits per heavy atom. The molecule has 5 heteroatoms. The van der Waals surface area contributed by atoms with Crippen molar-refractivity contribution < 1.29 is 9.59 Å². The van der Waals surface area contributed by atoms with Gasteiger partial charge in [0.05, 0.1) is 11.6 Å². The molecule has 0 radical (unpaired) electrons. The number of amides is 2. The molecular formula is C18H17N3O2. The highest BCUT2D eigenvalue weighted by Gasteiger charge is 2.11. The number of nitrogens with zero attached hydrogens (tertiary/aromatic N) is 1. The van der Waals surface area contributed by atoms with Gasteiger partial charge in [-0.15, -0.1) is 0 Å². The molecule has 0 aromatic heterocycles. The molecule has 0 unspecified atom stereocenters. The van der Waals surface area contributed by atoms with Crippen LogP contribution < -0.4 is 10.6 Å². The fraction of sp³-hybridized carbons (Fsp3) is 0.167. The lowest BCUT2D eigenvalue weighted by molar-refractivity contribution is -0.123. The average Bonchev–Trinajstić information content (AvgIpc) is 2.51. The third kappa shape index (κ3) is 4.68. The van der Waals surface area contributed by atoms with Crippen LogP contribution in [0.15, 0.2) is 42.5 Å². The van der Waals surface area contributed by atoms with E-state index in [1.807, 2.05) is 38.1 Å². The largest absolute Gasteiger partial charge is 0.326 e. The Labute approximate surface area is 134 Å². The first-order valence-electron chi connectivity index (χ1n) is 7.15. The number of rotatable bonds is 4. The zero-order valence-corrected chi connectivity index (χ0v) is 13.0. The van der Waals surface area contributed by atoms with E-state index in [9.17, 15) is 9.59 Å². The summed E-state index contributed by atoms with van der Waals surface area (Å²) in [6.07, 6.45) is -0.270. The van der Waals surface area contributed by atoms with Crippen LogP contribution in [0.25, 0.3) is 0 Å². The Bertz CT molecular complexity index is 774. The molecule has 0 aliphatic rings.